The maximum Gasteiger partial charge on any atom is 0.0724 e. The smallest absolute Gasteiger partial charge is 0.0724 e. The van der Waals surface area contributed by atoms with Crippen LogP contribution in [-0.2, 0) is 16.7 Å². The minimum Gasteiger partial charge on any atom is -0.380 e. The van der Waals surface area contributed by atoms with Crippen molar-refractivity contribution in [3.05, 3.63) is 33.8 Å². The highest BCUT2D eigenvalue weighted by molar-refractivity contribution is 9.10. The summed E-state index contributed by atoms with van der Waals surface area (Å²) in [6.07, 6.45) is 0. The molecule has 0 heterocycles. The fourth-order valence-corrected chi connectivity index (χ4v) is 1.84. The fourth-order valence-electron chi connectivity index (χ4n) is 0.946. The molecule has 0 bridgehead atoms. The molecule has 0 saturated heterocycles. The molecule has 3 heteroatoms. The Morgan fingerprint density at radius 3 is 2.67 bits per heavy atom. The molecule has 0 spiro atoms. The normalized spacial score (nSPS) is 10.2. The van der Waals surface area contributed by atoms with E-state index in [1.807, 2.05) is 0 Å². The van der Waals surface area contributed by atoms with Crippen LogP contribution in [0.5, 0.6) is 0 Å². The number of alkyl halides is 1. The standard InChI is InChI=1S/C9H10Br2O/c1-12-6-8-3-2-7(5-10)4-9(8)11/h2-4H,5-6H2,1H3. The summed E-state index contributed by atoms with van der Waals surface area (Å²) in [7, 11) is 1.70. The molecule has 1 rings (SSSR count). The van der Waals surface area contributed by atoms with Gasteiger partial charge in [0.2, 0.25) is 0 Å². The number of ether oxygens (including phenoxy) is 1. The van der Waals surface area contributed by atoms with E-state index in [0.717, 1.165) is 9.80 Å². The van der Waals surface area contributed by atoms with Gasteiger partial charge in [-0.05, 0) is 17.2 Å². The van der Waals surface area contributed by atoms with E-state index < -0.39 is 0 Å². The molecule has 1 aromatic rings. The van der Waals surface area contributed by atoms with Crippen LogP contribution in [0.2, 0.25) is 0 Å². The lowest BCUT2D eigenvalue weighted by Crippen LogP contribution is -1.89. The third kappa shape index (κ3) is 2.57. The molecule has 0 aromatic heterocycles. The molecule has 0 atom stereocenters. The highest BCUT2D eigenvalue weighted by atomic mass is 79.9. The van der Waals surface area contributed by atoms with Gasteiger partial charge in [-0.3, -0.25) is 0 Å². The van der Waals surface area contributed by atoms with Gasteiger partial charge in [-0.1, -0.05) is 44.0 Å². The van der Waals surface area contributed by atoms with E-state index in [1.54, 1.807) is 7.11 Å². The average Bonchev–Trinajstić information content (AvgIpc) is 2.09. The van der Waals surface area contributed by atoms with E-state index in [0.29, 0.717) is 6.61 Å². The van der Waals surface area contributed by atoms with Crippen LogP contribution in [0.1, 0.15) is 11.1 Å². The summed E-state index contributed by atoms with van der Waals surface area (Å²) in [5, 5.41) is 0.888. The van der Waals surface area contributed by atoms with Gasteiger partial charge < -0.3 is 4.74 Å². The number of hydrogen-bond donors (Lipinski definition) is 0. The van der Waals surface area contributed by atoms with E-state index in [1.165, 1.54) is 11.1 Å². The Bertz CT molecular complexity index is 261. The second kappa shape index (κ2) is 5.00. The molecule has 1 nitrogen and oxygen atoms in total. The minimum absolute atomic E-state index is 0.656. The molecule has 1 aromatic carbocycles. The van der Waals surface area contributed by atoms with Gasteiger partial charge in [0.15, 0.2) is 0 Å². The third-order valence-electron chi connectivity index (χ3n) is 1.57. The molecule has 66 valence electrons. The molecule has 0 N–H and O–H groups in total. The lowest BCUT2D eigenvalue weighted by atomic mass is 10.2. The quantitative estimate of drug-likeness (QED) is 0.775. The van der Waals surface area contributed by atoms with Crippen molar-refractivity contribution in [2.75, 3.05) is 7.11 Å². The molecular weight excluding hydrogens is 284 g/mol. The lowest BCUT2D eigenvalue weighted by Gasteiger charge is -2.04. The molecule has 0 radical (unpaired) electrons. The Hall–Kier alpha value is 0.140. The molecule has 0 saturated carbocycles. The topological polar surface area (TPSA) is 9.23 Å². The van der Waals surface area contributed by atoms with Gasteiger partial charge in [0.1, 0.15) is 0 Å². The zero-order valence-corrected chi connectivity index (χ0v) is 9.98. The largest absolute Gasteiger partial charge is 0.380 e. The van der Waals surface area contributed by atoms with Gasteiger partial charge in [-0.2, -0.15) is 0 Å². The molecule has 0 fully saturated rings. The highest BCUT2D eigenvalue weighted by Gasteiger charge is 1.99. The Morgan fingerprint density at radius 2 is 2.17 bits per heavy atom. The summed E-state index contributed by atoms with van der Waals surface area (Å²) in [4.78, 5) is 0. The van der Waals surface area contributed by atoms with Crippen molar-refractivity contribution in [1.29, 1.82) is 0 Å². The van der Waals surface area contributed by atoms with Crippen molar-refractivity contribution in [2.45, 2.75) is 11.9 Å². The molecule has 0 aliphatic carbocycles. The summed E-state index contributed by atoms with van der Waals surface area (Å²) >= 11 is 6.89. The van der Waals surface area contributed by atoms with E-state index in [2.05, 4.69) is 50.1 Å². The number of hydrogen-bond acceptors (Lipinski definition) is 1. The van der Waals surface area contributed by atoms with Crippen molar-refractivity contribution >= 4 is 31.9 Å². The summed E-state index contributed by atoms with van der Waals surface area (Å²) in [6.45, 7) is 0.656. The van der Waals surface area contributed by atoms with Gasteiger partial charge in [0, 0.05) is 16.9 Å². The van der Waals surface area contributed by atoms with Crippen molar-refractivity contribution in [2.24, 2.45) is 0 Å². The maximum atomic E-state index is 5.04. The molecule has 0 aliphatic rings. The van der Waals surface area contributed by atoms with Crippen molar-refractivity contribution < 1.29 is 4.74 Å². The Labute approximate surface area is 89.4 Å². The summed E-state index contributed by atoms with van der Waals surface area (Å²) in [6, 6.07) is 6.27. The summed E-state index contributed by atoms with van der Waals surface area (Å²) < 4.78 is 6.15. The monoisotopic (exact) mass is 292 g/mol. The zero-order chi connectivity index (χ0) is 8.97. The van der Waals surface area contributed by atoms with Crippen molar-refractivity contribution in [3.63, 3.8) is 0 Å². The average molecular weight is 294 g/mol. The second-order valence-electron chi connectivity index (χ2n) is 2.49. The number of halogens is 2. The second-order valence-corrected chi connectivity index (χ2v) is 3.91. The maximum absolute atomic E-state index is 5.04. The fraction of sp³-hybridized carbons (Fsp3) is 0.333. The van der Waals surface area contributed by atoms with E-state index in [4.69, 9.17) is 4.74 Å². The molecular formula is C9H10Br2O. The Morgan fingerprint density at radius 1 is 1.42 bits per heavy atom. The molecule has 12 heavy (non-hydrogen) atoms. The van der Waals surface area contributed by atoms with Gasteiger partial charge in [-0.15, -0.1) is 0 Å². The van der Waals surface area contributed by atoms with E-state index >= 15 is 0 Å². The highest BCUT2D eigenvalue weighted by Crippen LogP contribution is 2.20. The first kappa shape index (κ1) is 10.2. The SMILES string of the molecule is COCc1ccc(CBr)cc1Br. The number of rotatable bonds is 3. The number of methoxy groups -OCH3 is 1. The van der Waals surface area contributed by atoms with Crippen LogP contribution in [0.3, 0.4) is 0 Å². The minimum atomic E-state index is 0.656. The Kier molecular flexibility index (Phi) is 4.26. The van der Waals surface area contributed by atoms with Gasteiger partial charge in [0.05, 0.1) is 6.61 Å². The van der Waals surface area contributed by atoms with E-state index in [-0.39, 0.29) is 0 Å². The van der Waals surface area contributed by atoms with Crippen LogP contribution >= 0.6 is 31.9 Å². The molecule has 0 aliphatic heterocycles. The van der Waals surface area contributed by atoms with Gasteiger partial charge in [0.25, 0.3) is 0 Å². The van der Waals surface area contributed by atoms with E-state index in [9.17, 15) is 0 Å². The predicted molar refractivity (Wildman–Crippen MR) is 57.5 cm³/mol. The van der Waals surface area contributed by atoms with Crippen LogP contribution in [0.4, 0.5) is 0 Å². The molecule has 0 unspecified atom stereocenters. The third-order valence-corrected chi connectivity index (χ3v) is 2.96. The van der Waals surface area contributed by atoms with Crippen LogP contribution in [0, 0.1) is 0 Å². The number of benzene rings is 1. The Balaban J connectivity index is 2.87. The van der Waals surface area contributed by atoms with Crippen LogP contribution in [0.25, 0.3) is 0 Å². The molecule has 0 amide bonds. The first-order valence-electron chi connectivity index (χ1n) is 3.60. The summed E-state index contributed by atoms with van der Waals surface area (Å²) in [5.74, 6) is 0. The zero-order valence-electron chi connectivity index (χ0n) is 6.81. The predicted octanol–water partition coefficient (Wildman–Crippen LogP) is 3.49. The first-order valence-corrected chi connectivity index (χ1v) is 5.51. The van der Waals surface area contributed by atoms with Crippen LogP contribution < -0.4 is 0 Å². The first-order chi connectivity index (χ1) is 5.77. The summed E-state index contributed by atoms with van der Waals surface area (Å²) in [5.41, 5.74) is 2.45. The lowest BCUT2D eigenvalue weighted by molar-refractivity contribution is 0.184. The van der Waals surface area contributed by atoms with Gasteiger partial charge in [-0.25, -0.2) is 0 Å². The van der Waals surface area contributed by atoms with Crippen molar-refractivity contribution in [1.82, 2.24) is 0 Å². The van der Waals surface area contributed by atoms with Crippen LogP contribution in [0.15, 0.2) is 22.7 Å². The van der Waals surface area contributed by atoms with Crippen molar-refractivity contribution in [3.8, 4) is 0 Å². The van der Waals surface area contributed by atoms with Gasteiger partial charge >= 0.3 is 0 Å². The van der Waals surface area contributed by atoms with Crippen LogP contribution in [-0.4, -0.2) is 7.11 Å².